The smallest absolute Gasteiger partial charge is 0.254 e. The Balaban J connectivity index is 1.71. The molecule has 3 rings (SSSR count). The van der Waals surface area contributed by atoms with Crippen LogP contribution in [0.4, 0.5) is 0 Å². The maximum Gasteiger partial charge on any atom is 0.254 e. The molecule has 2 aromatic rings. The van der Waals surface area contributed by atoms with Gasteiger partial charge in [-0.25, -0.2) is 4.98 Å². The van der Waals surface area contributed by atoms with Gasteiger partial charge in [-0.15, -0.1) is 0 Å². The van der Waals surface area contributed by atoms with Crippen molar-refractivity contribution in [3.8, 4) is 0 Å². The number of rotatable bonds is 3. The van der Waals surface area contributed by atoms with E-state index < -0.39 is 0 Å². The lowest BCUT2D eigenvalue weighted by Crippen LogP contribution is -2.42. The summed E-state index contributed by atoms with van der Waals surface area (Å²) < 4.78 is 0. The number of nitrogens with one attached hydrogen (secondary N) is 1. The van der Waals surface area contributed by atoms with Crippen LogP contribution in [0.3, 0.4) is 0 Å². The minimum atomic E-state index is 0.0181. The van der Waals surface area contributed by atoms with E-state index in [2.05, 4.69) is 46.1 Å². The summed E-state index contributed by atoms with van der Waals surface area (Å²) in [5.41, 5.74) is 3.16. The Bertz CT molecular complexity index is 636. The number of hydrogen-bond acceptors (Lipinski definition) is 3. The minimum Gasteiger partial charge on any atom is -0.313 e. The van der Waals surface area contributed by atoms with Crippen LogP contribution in [0.2, 0.25) is 0 Å². The van der Waals surface area contributed by atoms with Gasteiger partial charge in [0.05, 0.1) is 12.0 Å². The Kier molecular flexibility index (Phi) is 3.65. The molecule has 0 fully saturated rings. The highest BCUT2D eigenvalue weighted by Gasteiger charge is 2.25. The number of aromatic amines is 1. The molecule has 0 radical (unpaired) electrons. The largest absolute Gasteiger partial charge is 0.313 e. The van der Waals surface area contributed by atoms with Gasteiger partial charge in [0.2, 0.25) is 0 Å². The molecule has 0 bridgehead atoms. The first-order valence-electron chi connectivity index (χ1n) is 7.07. The van der Waals surface area contributed by atoms with E-state index in [0.717, 1.165) is 37.2 Å². The third-order valence-electron chi connectivity index (χ3n) is 4.04. The molecule has 20 heavy (non-hydrogen) atoms. The summed E-state index contributed by atoms with van der Waals surface area (Å²) in [6.45, 7) is 3.95. The average molecular weight is 269 g/mol. The zero-order chi connectivity index (χ0) is 13.9. The zero-order valence-corrected chi connectivity index (χ0v) is 11.7. The van der Waals surface area contributed by atoms with Crippen molar-refractivity contribution in [1.29, 1.82) is 0 Å². The van der Waals surface area contributed by atoms with Crippen molar-refractivity contribution in [2.24, 2.45) is 0 Å². The Hall–Kier alpha value is -1.94. The van der Waals surface area contributed by atoms with Crippen molar-refractivity contribution < 1.29 is 0 Å². The van der Waals surface area contributed by atoms with Gasteiger partial charge in [0.1, 0.15) is 0 Å². The average Bonchev–Trinajstić information content (AvgIpc) is 2.47. The summed E-state index contributed by atoms with van der Waals surface area (Å²) in [4.78, 5) is 21.2. The van der Waals surface area contributed by atoms with Crippen molar-refractivity contribution in [2.45, 2.75) is 32.4 Å². The quantitative estimate of drug-likeness (QED) is 0.923. The summed E-state index contributed by atoms with van der Waals surface area (Å²) in [5.74, 6) is 0. The van der Waals surface area contributed by atoms with Gasteiger partial charge in [-0.2, -0.15) is 0 Å². The minimum absolute atomic E-state index is 0.0181. The second-order valence-electron chi connectivity index (χ2n) is 5.42. The van der Waals surface area contributed by atoms with Gasteiger partial charge in [-0.1, -0.05) is 30.3 Å². The van der Waals surface area contributed by atoms with Crippen LogP contribution in [0.15, 0.2) is 41.5 Å². The van der Waals surface area contributed by atoms with Gasteiger partial charge >= 0.3 is 0 Å². The van der Waals surface area contributed by atoms with E-state index >= 15 is 0 Å². The van der Waals surface area contributed by atoms with E-state index in [1.807, 2.05) is 6.07 Å². The molecule has 2 heterocycles. The maximum absolute atomic E-state index is 11.8. The van der Waals surface area contributed by atoms with Crippen molar-refractivity contribution >= 4 is 0 Å². The maximum atomic E-state index is 11.8. The van der Waals surface area contributed by atoms with E-state index in [9.17, 15) is 4.79 Å². The van der Waals surface area contributed by atoms with Crippen LogP contribution in [-0.4, -0.2) is 27.5 Å². The number of aromatic nitrogens is 2. The first-order chi connectivity index (χ1) is 9.74. The number of benzene rings is 1. The Morgan fingerprint density at radius 1 is 1.35 bits per heavy atom. The summed E-state index contributed by atoms with van der Waals surface area (Å²) in [6, 6.07) is 10.9. The molecule has 1 aliphatic rings. The van der Waals surface area contributed by atoms with Gasteiger partial charge in [-0.05, 0) is 25.3 Å². The molecule has 1 aliphatic heterocycles. The van der Waals surface area contributed by atoms with E-state index in [-0.39, 0.29) is 5.56 Å². The molecule has 1 N–H and O–H groups in total. The van der Waals surface area contributed by atoms with Crippen LogP contribution in [0.1, 0.15) is 23.7 Å². The first kappa shape index (κ1) is 13.1. The lowest BCUT2D eigenvalue weighted by atomic mass is 9.99. The van der Waals surface area contributed by atoms with Crippen molar-refractivity contribution in [3.63, 3.8) is 0 Å². The fourth-order valence-corrected chi connectivity index (χ4v) is 2.80. The highest BCUT2D eigenvalue weighted by Crippen LogP contribution is 2.18. The predicted molar refractivity (Wildman–Crippen MR) is 78.6 cm³/mol. The van der Waals surface area contributed by atoms with E-state index in [0.29, 0.717) is 6.04 Å². The molecule has 104 valence electrons. The van der Waals surface area contributed by atoms with Gasteiger partial charge in [0, 0.05) is 24.7 Å². The van der Waals surface area contributed by atoms with Gasteiger partial charge in [0.25, 0.3) is 5.56 Å². The van der Waals surface area contributed by atoms with Gasteiger partial charge in [0.15, 0.2) is 0 Å². The second kappa shape index (κ2) is 5.59. The summed E-state index contributed by atoms with van der Waals surface area (Å²) >= 11 is 0. The van der Waals surface area contributed by atoms with Crippen LogP contribution in [0, 0.1) is 0 Å². The fourth-order valence-electron chi connectivity index (χ4n) is 2.80. The monoisotopic (exact) mass is 269 g/mol. The standard InChI is InChI=1S/C16H19N3O/c1-12-9-14-15(17-11-18-16(14)20)10-19(12)8-7-13-5-3-2-4-6-13/h2-6,11-12H,7-10H2,1H3,(H,17,18,20). The van der Waals surface area contributed by atoms with Crippen LogP contribution in [0.25, 0.3) is 0 Å². The number of hydrogen-bond donors (Lipinski definition) is 1. The Morgan fingerprint density at radius 2 is 2.15 bits per heavy atom. The molecule has 0 saturated heterocycles. The molecule has 0 saturated carbocycles. The van der Waals surface area contributed by atoms with Crippen LogP contribution < -0.4 is 5.56 Å². The molecule has 1 aromatic carbocycles. The Morgan fingerprint density at radius 3 is 2.95 bits per heavy atom. The highest BCUT2D eigenvalue weighted by atomic mass is 16.1. The van der Waals surface area contributed by atoms with Crippen molar-refractivity contribution in [1.82, 2.24) is 14.9 Å². The molecule has 0 aliphatic carbocycles. The topological polar surface area (TPSA) is 49.0 Å². The normalized spacial score (nSPS) is 18.8. The van der Waals surface area contributed by atoms with Crippen LogP contribution >= 0.6 is 0 Å². The van der Waals surface area contributed by atoms with E-state index in [1.165, 1.54) is 11.9 Å². The molecule has 1 aromatic heterocycles. The third-order valence-corrected chi connectivity index (χ3v) is 4.04. The Labute approximate surface area is 118 Å². The SMILES string of the molecule is CC1Cc2c(nc[nH]c2=O)CN1CCc1ccccc1. The zero-order valence-electron chi connectivity index (χ0n) is 11.7. The summed E-state index contributed by atoms with van der Waals surface area (Å²) in [7, 11) is 0. The number of H-pyrrole nitrogens is 1. The van der Waals surface area contributed by atoms with Crippen LogP contribution in [0.5, 0.6) is 0 Å². The molecule has 0 spiro atoms. The summed E-state index contributed by atoms with van der Waals surface area (Å²) in [5, 5.41) is 0. The van der Waals surface area contributed by atoms with Crippen LogP contribution in [-0.2, 0) is 19.4 Å². The highest BCUT2D eigenvalue weighted by molar-refractivity contribution is 5.21. The predicted octanol–water partition coefficient (Wildman–Crippen LogP) is 1.76. The summed E-state index contributed by atoms with van der Waals surface area (Å²) in [6.07, 6.45) is 3.32. The molecular weight excluding hydrogens is 250 g/mol. The molecule has 1 atom stereocenters. The van der Waals surface area contributed by atoms with Crippen molar-refractivity contribution in [3.05, 3.63) is 63.8 Å². The van der Waals surface area contributed by atoms with Gasteiger partial charge in [-0.3, -0.25) is 9.69 Å². The number of nitrogens with zero attached hydrogens (tertiary/aromatic N) is 2. The van der Waals surface area contributed by atoms with Gasteiger partial charge < -0.3 is 4.98 Å². The van der Waals surface area contributed by atoms with Crippen molar-refractivity contribution in [2.75, 3.05) is 6.54 Å². The molecule has 1 unspecified atom stereocenters. The second-order valence-corrected chi connectivity index (χ2v) is 5.42. The molecule has 0 amide bonds. The van der Waals surface area contributed by atoms with E-state index in [1.54, 1.807) is 0 Å². The third kappa shape index (κ3) is 2.65. The molecular formula is C16H19N3O. The fraction of sp³-hybridized carbons (Fsp3) is 0.375. The van der Waals surface area contributed by atoms with E-state index in [4.69, 9.17) is 0 Å². The molecule has 4 heteroatoms. The molecule has 4 nitrogen and oxygen atoms in total. The lowest BCUT2D eigenvalue weighted by molar-refractivity contribution is 0.182. The lowest BCUT2D eigenvalue weighted by Gasteiger charge is -2.33. The number of fused-ring (bicyclic) bond motifs is 1. The first-order valence-corrected chi connectivity index (χ1v) is 7.07.